The van der Waals surface area contributed by atoms with E-state index in [0.29, 0.717) is 6.61 Å². The van der Waals surface area contributed by atoms with E-state index >= 15 is 0 Å². The van der Waals surface area contributed by atoms with Gasteiger partial charge in [0.05, 0.1) is 6.61 Å². The molecule has 2 aromatic carbocycles. The molecule has 2 nitrogen and oxygen atoms in total. The fourth-order valence-corrected chi connectivity index (χ4v) is 2.67. The van der Waals surface area contributed by atoms with E-state index < -0.39 is 6.10 Å². The molecule has 0 radical (unpaired) electrons. The minimum Gasteiger partial charge on any atom is -0.493 e. The summed E-state index contributed by atoms with van der Waals surface area (Å²) in [6, 6.07) is 11.9. The third kappa shape index (κ3) is 3.22. The molecule has 0 aliphatic rings. The number of aryl methyl sites for hydroxylation is 2. The first-order valence-electron chi connectivity index (χ1n) is 6.70. The Labute approximate surface area is 128 Å². The van der Waals surface area contributed by atoms with Crippen molar-refractivity contribution in [3.63, 3.8) is 0 Å². The van der Waals surface area contributed by atoms with E-state index in [1.165, 1.54) is 0 Å². The van der Waals surface area contributed by atoms with Gasteiger partial charge in [-0.3, -0.25) is 0 Å². The topological polar surface area (TPSA) is 29.5 Å². The van der Waals surface area contributed by atoms with Crippen molar-refractivity contribution < 1.29 is 9.84 Å². The van der Waals surface area contributed by atoms with Crippen molar-refractivity contribution in [2.75, 3.05) is 6.61 Å². The average molecular weight is 335 g/mol. The van der Waals surface area contributed by atoms with Gasteiger partial charge in [-0.15, -0.1) is 0 Å². The van der Waals surface area contributed by atoms with Gasteiger partial charge in [-0.25, -0.2) is 0 Å². The standard InChI is InChI=1S/C17H19BrO2/c1-4-20-16-8-6-12(3)10-14(16)17(19)13-9-11(2)5-7-15(13)18/h5-10,17,19H,4H2,1-3H3. The van der Waals surface area contributed by atoms with Crippen molar-refractivity contribution in [3.8, 4) is 5.75 Å². The van der Waals surface area contributed by atoms with Gasteiger partial charge in [0.15, 0.2) is 0 Å². The van der Waals surface area contributed by atoms with Crippen LogP contribution in [-0.2, 0) is 0 Å². The van der Waals surface area contributed by atoms with Gasteiger partial charge in [0.25, 0.3) is 0 Å². The number of hydrogen-bond acceptors (Lipinski definition) is 2. The van der Waals surface area contributed by atoms with Gasteiger partial charge < -0.3 is 9.84 Å². The molecule has 0 spiro atoms. The molecule has 0 heterocycles. The maximum Gasteiger partial charge on any atom is 0.125 e. The number of hydrogen-bond donors (Lipinski definition) is 1. The van der Waals surface area contributed by atoms with Gasteiger partial charge in [0.2, 0.25) is 0 Å². The van der Waals surface area contributed by atoms with Crippen LogP contribution in [0.3, 0.4) is 0 Å². The largest absolute Gasteiger partial charge is 0.493 e. The third-order valence-electron chi connectivity index (χ3n) is 3.21. The Morgan fingerprint density at radius 3 is 2.30 bits per heavy atom. The van der Waals surface area contributed by atoms with Gasteiger partial charge in [-0.05, 0) is 44.5 Å². The highest BCUT2D eigenvalue weighted by Gasteiger charge is 2.18. The summed E-state index contributed by atoms with van der Waals surface area (Å²) in [5.41, 5.74) is 3.88. The molecular weight excluding hydrogens is 316 g/mol. The summed E-state index contributed by atoms with van der Waals surface area (Å²) in [6.45, 7) is 6.55. The van der Waals surface area contributed by atoms with Crippen LogP contribution in [-0.4, -0.2) is 11.7 Å². The molecule has 2 rings (SSSR count). The molecule has 0 aliphatic heterocycles. The minimum absolute atomic E-state index is 0.581. The molecule has 2 aromatic rings. The number of aliphatic hydroxyl groups is 1. The fourth-order valence-electron chi connectivity index (χ4n) is 2.21. The molecule has 0 amide bonds. The predicted octanol–water partition coefficient (Wildman–Crippen LogP) is 4.55. The summed E-state index contributed by atoms with van der Waals surface area (Å²) >= 11 is 3.51. The number of benzene rings is 2. The quantitative estimate of drug-likeness (QED) is 0.888. The van der Waals surface area contributed by atoms with E-state index in [4.69, 9.17) is 4.74 Å². The summed E-state index contributed by atoms with van der Waals surface area (Å²) in [6.07, 6.45) is -0.703. The molecule has 1 atom stereocenters. The SMILES string of the molecule is CCOc1ccc(C)cc1C(O)c1cc(C)ccc1Br. The van der Waals surface area contributed by atoms with Gasteiger partial charge in [-0.2, -0.15) is 0 Å². The summed E-state index contributed by atoms with van der Waals surface area (Å²) in [5.74, 6) is 0.735. The Bertz CT molecular complexity index is 608. The monoisotopic (exact) mass is 334 g/mol. The first kappa shape index (κ1) is 15.1. The molecular formula is C17H19BrO2. The van der Waals surface area contributed by atoms with Crippen LogP contribution >= 0.6 is 15.9 Å². The number of ether oxygens (including phenoxy) is 1. The van der Waals surface area contributed by atoms with Crippen LogP contribution in [0.25, 0.3) is 0 Å². The van der Waals surface area contributed by atoms with E-state index in [1.54, 1.807) is 0 Å². The van der Waals surface area contributed by atoms with Gasteiger partial charge in [0, 0.05) is 10.0 Å². The van der Waals surface area contributed by atoms with E-state index in [2.05, 4.69) is 15.9 Å². The molecule has 1 N–H and O–H groups in total. The average Bonchev–Trinajstić information content (AvgIpc) is 2.43. The van der Waals surface area contributed by atoms with Crippen LogP contribution in [0.2, 0.25) is 0 Å². The second-order valence-electron chi connectivity index (χ2n) is 4.90. The van der Waals surface area contributed by atoms with Gasteiger partial charge in [-0.1, -0.05) is 45.3 Å². The van der Waals surface area contributed by atoms with Crippen molar-refractivity contribution in [2.24, 2.45) is 0 Å². The maximum atomic E-state index is 10.7. The zero-order chi connectivity index (χ0) is 14.7. The molecule has 3 heteroatoms. The first-order valence-corrected chi connectivity index (χ1v) is 7.49. The Kier molecular flexibility index (Phi) is 4.84. The zero-order valence-electron chi connectivity index (χ0n) is 12.0. The van der Waals surface area contributed by atoms with Crippen LogP contribution < -0.4 is 4.74 Å². The molecule has 0 aromatic heterocycles. The lowest BCUT2D eigenvalue weighted by molar-refractivity contribution is 0.211. The van der Waals surface area contributed by atoms with E-state index in [1.807, 2.05) is 57.2 Å². The molecule has 0 saturated carbocycles. The van der Waals surface area contributed by atoms with Crippen LogP contribution in [0.15, 0.2) is 40.9 Å². The smallest absolute Gasteiger partial charge is 0.125 e. The Morgan fingerprint density at radius 1 is 1.05 bits per heavy atom. The molecule has 1 unspecified atom stereocenters. The van der Waals surface area contributed by atoms with Crippen molar-refractivity contribution in [3.05, 3.63) is 63.1 Å². The maximum absolute atomic E-state index is 10.7. The van der Waals surface area contributed by atoms with Crippen molar-refractivity contribution >= 4 is 15.9 Å². The predicted molar refractivity (Wildman–Crippen MR) is 85.3 cm³/mol. The van der Waals surface area contributed by atoms with Crippen LogP contribution in [0.4, 0.5) is 0 Å². The Balaban J connectivity index is 2.49. The van der Waals surface area contributed by atoms with E-state index in [9.17, 15) is 5.11 Å². The Hall–Kier alpha value is -1.32. The lowest BCUT2D eigenvalue weighted by Gasteiger charge is -2.18. The van der Waals surface area contributed by atoms with Gasteiger partial charge >= 0.3 is 0 Å². The van der Waals surface area contributed by atoms with Crippen LogP contribution in [0, 0.1) is 13.8 Å². The number of aliphatic hydroxyl groups excluding tert-OH is 1. The molecule has 106 valence electrons. The second kappa shape index (κ2) is 6.42. The van der Waals surface area contributed by atoms with E-state index in [-0.39, 0.29) is 0 Å². The molecule has 0 bridgehead atoms. The normalized spacial score (nSPS) is 12.2. The molecule has 0 fully saturated rings. The first-order chi connectivity index (χ1) is 9.52. The highest BCUT2D eigenvalue weighted by atomic mass is 79.9. The summed E-state index contributed by atoms with van der Waals surface area (Å²) < 4.78 is 6.53. The van der Waals surface area contributed by atoms with Crippen molar-refractivity contribution in [2.45, 2.75) is 26.9 Å². The lowest BCUT2D eigenvalue weighted by Crippen LogP contribution is -2.05. The summed E-state index contributed by atoms with van der Waals surface area (Å²) in [7, 11) is 0. The zero-order valence-corrected chi connectivity index (χ0v) is 13.6. The fraction of sp³-hybridized carbons (Fsp3) is 0.294. The van der Waals surface area contributed by atoms with E-state index in [0.717, 1.165) is 32.5 Å². The lowest BCUT2D eigenvalue weighted by atomic mass is 9.98. The molecule has 20 heavy (non-hydrogen) atoms. The van der Waals surface area contributed by atoms with Gasteiger partial charge in [0.1, 0.15) is 11.9 Å². The van der Waals surface area contributed by atoms with Crippen molar-refractivity contribution in [1.29, 1.82) is 0 Å². The van der Waals surface area contributed by atoms with Crippen LogP contribution in [0.5, 0.6) is 5.75 Å². The summed E-state index contributed by atoms with van der Waals surface area (Å²) in [5, 5.41) is 10.7. The second-order valence-corrected chi connectivity index (χ2v) is 5.76. The summed E-state index contributed by atoms with van der Waals surface area (Å²) in [4.78, 5) is 0. The molecule has 0 saturated heterocycles. The number of halogens is 1. The van der Waals surface area contributed by atoms with Crippen molar-refractivity contribution in [1.82, 2.24) is 0 Å². The molecule has 0 aliphatic carbocycles. The highest BCUT2D eigenvalue weighted by Crippen LogP contribution is 2.34. The highest BCUT2D eigenvalue weighted by molar-refractivity contribution is 9.10. The third-order valence-corrected chi connectivity index (χ3v) is 3.93. The van der Waals surface area contributed by atoms with Crippen LogP contribution in [0.1, 0.15) is 35.3 Å². The number of rotatable bonds is 4. The Morgan fingerprint density at radius 2 is 1.65 bits per heavy atom. The minimum atomic E-state index is -0.703.